The number of hydrogen-bond donors (Lipinski definition) is 2. The molecule has 7 nitrogen and oxygen atoms in total. The summed E-state index contributed by atoms with van der Waals surface area (Å²) >= 11 is 0. The van der Waals surface area contributed by atoms with Crippen molar-refractivity contribution in [3.8, 4) is 5.75 Å². The van der Waals surface area contributed by atoms with Crippen molar-refractivity contribution < 1.29 is 14.3 Å². The fourth-order valence-electron chi connectivity index (χ4n) is 2.07. The molecule has 2 aromatic rings. The van der Waals surface area contributed by atoms with E-state index in [0.29, 0.717) is 11.3 Å². The quantitative estimate of drug-likeness (QED) is 0.868. The van der Waals surface area contributed by atoms with E-state index in [1.807, 2.05) is 6.92 Å². The second kappa shape index (κ2) is 7.35. The molecule has 0 fully saturated rings. The molecule has 0 aliphatic heterocycles. The molecule has 2 aromatic heterocycles. The van der Waals surface area contributed by atoms with Gasteiger partial charge in [0.25, 0.3) is 11.8 Å². The summed E-state index contributed by atoms with van der Waals surface area (Å²) in [5, 5.41) is 5.34. The average Bonchev–Trinajstić information content (AvgIpc) is 2.60. The number of nitrogens with one attached hydrogen (secondary N) is 2. The van der Waals surface area contributed by atoms with Crippen molar-refractivity contribution in [1.82, 2.24) is 20.6 Å². The standard InChI is InChI=1S/C16H18N4O3/c1-10(12-6-7-18-9-14(12)23-3)20-15(21)11-4-5-13(19-8-11)16(22)17-2/h4-10H,1-3H3,(H,17,22)(H,20,21)/t10-/m0/s1. The van der Waals surface area contributed by atoms with Crippen LogP contribution in [0.5, 0.6) is 5.75 Å². The number of amides is 2. The minimum atomic E-state index is -0.299. The lowest BCUT2D eigenvalue weighted by atomic mass is 10.1. The van der Waals surface area contributed by atoms with Crippen molar-refractivity contribution in [3.05, 3.63) is 53.6 Å². The van der Waals surface area contributed by atoms with E-state index in [-0.39, 0.29) is 23.6 Å². The predicted octanol–water partition coefficient (Wildman–Crippen LogP) is 1.34. The summed E-state index contributed by atoms with van der Waals surface area (Å²) in [6, 6.07) is 4.59. The van der Waals surface area contributed by atoms with Gasteiger partial charge in [-0.1, -0.05) is 0 Å². The first-order chi connectivity index (χ1) is 11.1. The molecule has 7 heteroatoms. The highest BCUT2D eigenvalue weighted by Crippen LogP contribution is 2.23. The summed E-state index contributed by atoms with van der Waals surface area (Å²) in [6.45, 7) is 1.85. The molecule has 1 atom stereocenters. The van der Waals surface area contributed by atoms with Crippen LogP contribution in [0.4, 0.5) is 0 Å². The number of carbonyl (C=O) groups excluding carboxylic acids is 2. The number of aromatic nitrogens is 2. The second-order valence-electron chi connectivity index (χ2n) is 4.82. The van der Waals surface area contributed by atoms with Crippen molar-refractivity contribution in [3.63, 3.8) is 0 Å². The Morgan fingerprint density at radius 3 is 2.57 bits per heavy atom. The van der Waals surface area contributed by atoms with Gasteiger partial charge in [-0.2, -0.15) is 0 Å². The van der Waals surface area contributed by atoms with Gasteiger partial charge in [0.15, 0.2) is 0 Å². The minimum absolute atomic E-state index is 0.257. The molecule has 0 aromatic carbocycles. The van der Waals surface area contributed by atoms with Crippen LogP contribution in [0.15, 0.2) is 36.8 Å². The Bertz CT molecular complexity index is 701. The first-order valence-electron chi connectivity index (χ1n) is 7.03. The van der Waals surface area contributed by atoms with Crippen LogP contribution >= 0.6 is 0 Å². The van der Waals surface area contributed by atoms with Gasteiger partial charge in [0, 0.05) is 25.0 Å². The Balaban J connectivity index is 2.10. The van der Waals surface area contributed by atoms with Crippen LogP contribution in [0, 0.1) is 0 Å². The maximum absolute atomic E-state index is 12.3. The minimum Gasteiger partial charge on any atom is -0.495 e. The molecule has 23 heavy (non-hydrogen) atoms. The SMILES string of the molecule is CNC(=O)c1ccc(C(=O)N[C@@H](C)c2ccncc2OC)cn1. The van der Waals surface area contributed by atoms with Gasteiger partial charge < -0.3 is 15.4 Å². The monoisotopic (exact) mass is 314 g/mol. The Kier molecular flexibility index (Phi) is 5.24. The van der Waals surface area contributed by atoms with Crippen LogP contribution in [0.3, 0.4) is 0 Å². The van der Waals surface area contributed by atoms with Crippen molar-refractivity contribution in [1.29, 1.82) is 0 Å². The summed E-state index contributed by atoms with van der Waals surface area (Å²) in [7, 11) is 3.07. The van der Waals surface area contributed by atoms with E-state index in [9.17, 15) is 9.59 Å². The van der Waals surface area contributed by atoms with Gasteiger partial charge >= 0.3 is 0 Å². The third-order valence-corrected chi connectivity index (χ3v) is 3.34. The summed E-state index contributed by atoms with van der Waals surface area (Å²) in [5.41, 5.74) is 1.45. The van der Waals surface area contributed by atoms with Gasteiger partial charge in [0.1, 0.15) is 11.4 Å². The largest absolute Gasteiger partial charge is 0.495 e. The summed E-state index contributed by atoms with van der Waals surface area (Å²) in [4.78, 5) is 31.7. The molecule has 120 valence electrons. The van der Waals surface area contributed by atoms with Crippen molar-refractivity contribution in [2.45, 2.75) is 13.0 Å². The molecule has 2 amide bonds. The van der Waals surface area contributed by atoms with Gasteiger partial charge in [-0.3, -0.25) is 19.6 Å². The molecule has 0 aliphatic rings. The van der Waals surface area contributed by atoms with Crippen molar-refractivity contribution >= 4 is 11.8 Å². The van der Waals surface area contributed by atoms with Gasteiger partial charge in [-0.15, -0.1) is 0 Å². The lowest BCUT2D eigenvalue weighted by Gasteiger charge is -2.16. The van der Waals surface area contributed by atoms with E-state index in [1.54, 1.807) is 31.6 Å². The lowest BCUT2D eigenvalue weighted by Crippen LogP contribution is -2.27. The molecule has 2 rings (SSSR count). The van der Waals surface area contributed by atoms with Crippen LogP contribution in [0.1, 0.15) is 39.4 Å². The first-order valence-corrected chi connectivity index (χ1v) is 7.03. The smallest absolute Gasteiger partial charge is 0.269 e. The van der Waals surface area contributed by atoms with E-state index < -0.39 is 0 Å². The van der Waals surface area contributed by atoms with E-state index in [2.05, 4.69) is 20.6 Å². The molecule has 2 N–H and O–H groups in total. The molecular formula is C16H18N4O3. The zero-order chi connectivity index (χ0) is 16.8. The number of ether oxygens (including phenoxy) is 1. The fourth-order valence-corrected chi connectivity index (χ4v) is 2.07. The number of rotatable bonds is 5. The highest BCUT2D eigenvalue weighted by Gasteiger charge is 2.16. The maximum atomic E-state index is 12.3. The normalized spacial score (nSPS) is 11.4. The maximum Gasteiger partial charge on any atom is 0.269 e. The highest BCUT2D eigenvalue weighted by atomic mass is 16.5. The molecular weight excluding hydrogens is 296 g/mol. The molecule has 0 radical (unpaired) electrons. The van der Waals surface area contributed by atoms with Crippen LogP contribution in [-0.4, -0.2) is 35.9 Å². The summed E-state index contributed by atoms with van der Waals surface area (Å²) in [5.74, 6) is 0.0209. The third kappa shape index (κ3) is 3.82. The predicted molar refractivity (Wildman–Crippen MR) is 84.3 cm³/mol. The molecule has 0 unspecified atom stereocenters. The third-order valence-electron chi connectivity index (χ3n) is 3.34. The fraction of sp³-hybridized carbons (Fsp3) is 0.250. The molecule has 0 spiro atoms. The van der Waals surface area contributed by atoms with Crippen LogP contribution in [0.25, 0.3) is 0 Å². The van der Waals surface area contributed by atoms with Gasteiger partial charge in [0.2, 0.25) is 0 Å². The van der Waals surface area contributed by atoms with Crippen LogP contribution in [0.2, 0.25) is 0 Å². The number of carbonyl (C=O) groups is 2. The van der Waals surface area contributed by atoms with Gasteiger partial charge in [-0.25, -0.2) is 0 Å². The van der Waals surface area contributed by atoms with E-state index in [1.165, 1.54) is 19.3 Å². The Morgan fingerprint density at radius 2 is 1.96 bits per heavy atom. The number of pyridine rings is 2. The number of methoxy groups -OCH3 is 1. The average molecular weight is 314 g/mol. The zero-order valence-electron chi connectivity index (χ0n) is 13.2. The van der Waals surface area contributed by atoms with Crippen molar-refractivity contribution in [2.24, 2.45) is 0 Å². The number of hydrogen-bond acceptors (Lipinski definition) is 5. The Labute approximate surface area is 134 Å². The molecule has 2 heterocycles. The lowest BCUT2D eigenvalue weighted by molar-refractivity contribution is 0.0932. The zero-order valence-corrected chi connectivity index (χ0v) is 13.2. The van der Waals surface area contributed by atoms with Crippen LogP contribution < -0.4 is 15.4 Å². The molecule has 0 bridgehead atoms. The van der Waals surface area contributed by atoms with E-state index >= 15 is 0 Å². The van der Waals surface area contributed by atoms with E-state index in [4.69, 9.17) is 4.74 Å². The molecule has 0 saturated heterocycles. The van der Waals surface area contributed by atoms with Gasteiger partial charge in [-0.05, 0) is 25.1 Å². The first kappa shape index (κ1) is 16.4. The molecule has 0 aliphatic carbocycles. The van der Waals surface area contributed by atoms with Gasteiger partial charge in [0.05, 0.1) is 24.9 Å². The van der Waals surface area contributed by atoms with E-state index in [0.717, 1.165) is 5.56 Å². The van der Waals surface area contributed by atoms with Crippen molar-refractivity contribution in [2.75, 3.05) is 14.2 Å². The Morgan fingerprint density at radius 1 is 1.17 bits per heavy atom. The summed E-state index contributed by atoms with van der Waals surface area (Å²) < 4.78 is 5.24. The Hall–Kier alpha value is -2.96. The summed E-state index contributed by atoms with van der Waals surface area (Å²) in [6.07, 6.45) is 4.61. The second-order valence-corrected chi connectivity index (χ2v) is 4.82. The highest BCUT2D eigenvalue weighted by molar-refractivity contribution is 5.96. The van der Waals surface area contributed by atoms with Crippen LogP contribution in [-0.2, 0) is 0 Å². The number of nitrogens with zero attached hydrogens (tertiary/aromatic N) is 2. The topological polar surface area (TPSA) is 93.2 Å². The molecule has 0 saturated carbocycles.